The van der Waals surface area contributed by atoms with Gasteiger partial charge in [0.05, 0.1) is 30.9 Å². The highest BCUT2D eigenvalue weighted by Crippen LogP contribution is 2.34. The number of amides is 1. The van der Waals surface area contributed by atoms with E-state index in [4.69, 9.17) is 26.3 Å². The van der Waals surface area contributed by atoms with E-state index in [0.29, 0.717) is 53.3 Å². The number of anilines is 3. The average molecular weight is 656 g/mol. The summed E-state index contributed by atoms with van der Waals surface area (Å²) in [5.41, 5.74) is 5.69. The van der Waals surface area contributed by atoms with E-state index < -0.39 is 0 Å². The number of fused-ring (bicyclic) bond motifs is 1. The summed E-state index contributed by atoms with van der Waals surface area (Å²) in [6, 6.07) is 14.1. The smallest absolute Gasteiger partial charge is 0.260 e. The van der Waals surface area contributed by atoms with Crippen LogP contribution in [0.25, 0.3) is 22.2 Å². The number of piperazine rings is 1. The van der Waals surface area contributed by atoms with Crippen molar-refractivity contribution >= 4 is 45.9 Å². The molecule has 246 valence electrons. The second kappa shape index (κ2) is 13.3. The van der Waals surface area contributed by atoms with Crippen LogP contribution in [0.4, 0.5) is 17.3 Å². The number of pyridine rings is 1. The Hall–Kier alpha value is -3.99. The van der Waals surface area contributed by atoms with E-state index in [1.165, 1.54) is 11.3 Å². The highest BCUT2D eigenvalue weighted by atomic mass is 35.5. The van der Waals surface area contributed by atoms with E-state index in [2.05, 4.69) is 40.2 Å². The van der Waals surface area contributed by atoms with Gasteiger partial charge < -0.3 is 19.9 Å². The normalized spacial score (nSPS) is 19.2. The monoisotopic (exact) mass is 655 g/mol. The summed E-state index contributed by atoms with van der Waals surface area (Å²) in [4.78, 5) is 43.8. The first-order valence-electron chi connectivity index (χ1n) is 16.7. The van der Waals surface area contributed by atoms with Crippen LogP contribution >= 0.6 is 11.6 Å². The van der Waals surface area contributed by atoms with Crippen molar-refractivity contribution in [1.29, 1.82) is 0 Å². The summed E-state index contributed by atoms with van der Waals surface area (Å²) in [7, 11) is 0. The predicted molar refractivity (Wildman–Crippen MR) is 187 cm³/mol. The van der Waals surface area contributed by atoms with Crippen molar-refractivity contribution < 1.29 is 9.53 Å². The summed E-state index contributed by atoms with van der Waals surface area (Å²) >= 11 is 6.64. The van der Waals surface area contributed by atoms with Gasteiger partial charge in [-0.05, 0) is 62.1 Å². The minimum atomic E-state index is -0.224. The van der Waals surface area contributed by atoms with Gasteiger partial charge in [-0.3, -0.25) is 19.1 Å². The van der Waals surface area contributed by atoms with Crippen LogP contribution in [0.3, 0.4) is 0 Å². The fourth-order valence-electron chi connectivity index (χ4n) is 7.31. The number of ether oxygens (including phenoxy) is 1. The maximum atomic E-state index is 14.5. The van der Waals surface area contributed by atoms with Crippen LogP contribution < -0.4 is 15.8 Å². The van der Waals surface area contributed by atoms with Crippen LogP contribution in [-0.2, 0) is 9.53 Å². The second-order valence-corrected chi connectivity index (χ2v) is 13.3. The van der Waals surface area contributed by atoms with Crippen molar-refractivity contribution in [3.63, 3.8) is 0 Å². The van der Waals surface area contributed by atoms with Crippen LogP contribution in [0.5, 0.6) is 0 Å². The fourth-order valence-corrected chi connectivity index (χ4v) is 7.54. The zero-order valence-corrected chi connectivity index (χ0v) is 28.1. The Morgan fingerprint density at radius 3 is 2.53 bits per heavy atom. The van der Waals surface area contributed by atoms with Gasteiger partial charge in [-0.15, -0.1) is 0 Å². The molecule has 1 N–H and O–H groups in total. The Labute approximate surface area is 280 Å². The highest BCUT2D eigenvalue weighted by Gasteiger charge is 2.30. The molecule has 3 saturated heterocycles. The molecule has 0 aliphatic carbocycles. The number of rotatable bonds is 7. The zero-order valence-electron chi connectivity index (χ0n) is 27.3. The first kappa shape index (κ1) is 31.6. The molecule has 0 saturated carbocycles. The third-order valence-corrected chi connectivity index (χ3v) is 10.3. The first-order chi connectivity index (χ1) is 22.8. The number of likely N-dealkylation sites (tertiary alicyclic amines) is 1. The van der Waals surface area contributed by atoms with Crippen LogP contribution in [0.1, 0.15) is 43.4 Å². The Bertz CT molecular complexity index is 1870. The molecular weight excluding hydrogens is 614 g/mol. The lowest BCUT2D eigenvalue weighted by Gasteiger charge is -2.43. The van der Waals surface area contributed by atoms with Gasteiger partial charge in [0.1, 0.15) is 5.65 Å². The number of hydrogen-bond acceptors (Lipinski definition) is 8. The van der Waals surface area contributed by atoms with E-state index in [-0.39, 0.29) is 17.5 Å². The number of halogens is 1. The number of carbonyl (C=O) groups is 1. The molecule has 3 aliphatic rings. The van der Waals surface area contributed by atoms with E-state index in [0.717, 1.165) is 68.9 Å². The molecule has 0 spiro atoms. The van der Waals surface area contributed by atoms with Crippen molar-refractivity contribution in [1.82, 2.24) is 24.3 Å². The Morgan fingerprint density at radius 1 is 1.04 bits per heavy atom. The van der Waals surface area contributed by atoms with E-state index in [1.807, 2.05) is 36.9 Å². The lowest BCUT2D eigenvalue weighted by atomic mass is 9.98. The van der Waals surface area contributed by atoms with Crippen LogP contribution in [0.2, 0.25) is 5.02 Å². The average Bonchev–Trinajstić information content (AvgIpc) is 3.05. The second-order valence-electron chi connectivity index (χ2n) is 12.9. The lowest BCUT2D eigenvalue weighted by Crippen LogP contribution is -2.56. The molecule has 5 heterocycles. The van der Waals surface area contributed by atoms with Gasteiger partial charge in [0.15, 0.2) is 0 Å². The Kier molecular flexibility index (Phi) is 8.91. The molecule has 0 radical (unpaired) electrons. The van der Waals surface area contributed by atoms with E-state index in [1.54, 1.807) is 16.8 Å². The topological polar surface area (TPSA) is 95.8 Å². The van der Waals surface area contributed by atoms with Gasteiger partial charge in [-0.1, -0.05) is 36.7 Å². The van der Waals surface area contributed by atoms with Crippen molar-refractivity contribution in [2.75, 3.05) is 62.7 Å². The number of aryl methyl sites for hydroxylation is 2. The Morgan fingerprint density at radius 2 is 1.83 bits per heavy atom. The summed E-state index contributed by atoms with van der Waals surface area (Å²) in [6.45, 7) is 12.9. The highest BCUT2D eigenvalue weighted by molar-refractivity contribution is 6.33. The molecule has 0 bridgehead atoms. The quantitative estimate of drug-likeness (QED) is 0.276. The number of aromatic nitrogens is 3. The zero-order chi connectivity index (χ0) is 32.7. The number of nitrogens with zero attached hydrogens (tertiary/aromatic N) is 6. The lowest BCUT2D eigenvalue weighted by molar-refractivity contribution is -0.132. The number of benzene rings is 2. The molecule has 10 nitrogen and oxygen atoms in total. The maximum absolute atomic E-state index is 14.5. The molecule has 2 aromatic heterocycles. The van der Waals surface area contributed by atoms with Crippen molar-refractivity contribution in [3.8, 4) is 11.1 Å². The van der Waals surface area contributed by atoms with Crippen LogP contribution in [0.15, 0.2) is 53.5 Å². The van der Waals surface area contributed by atoms with Gasteiger partial charge in [-0.2, -0.15) is 4.98 Å². The molecule has 2 aromatic carbocycles. The molecule has 1 amide bonds. The van der Waals surface area contributed by atoms with Gasteiger partial charge in [0, 0.05) is 79.2 Å². The third kappa shape index (κ3) is 6.10. The number of nitrogens with one attached hydrogen (secondary N) is 1. The largest absolute Gasteiger partial charge is 0.378 e. The fraction of sp³-hybridized carbons (Fsp3) is 0.444. The molecule has 1 unspecified atom stereocenters. The molecule has 4 aromatic rings. The standard InChI is InChI=1S/C36H42ClN7O3/c1-4-32(45)43-13-7-8-26(20-43)44-34-29(24(3)33(35(44)46)28-9-5-6-10-30(28)37)19-38-36(40-34)39-25-11-12-31(23(2)18-25)42-16-14-41(15-17-42)27-21-47-22-27/h5-6,9-12,18-19,26-27H,4,7-8,13-17,20-22H2,1-3H3,(H,38,39,40). The molecule has 7 rings (SSSR count). The van der Waals surface area contributed by atoms with Gasteiger partial charge in [-0.25, -0.2) is 4.98 Å². The van der Waals surface area contributed by atoms with Crippen molar-refractivity contribution in [2.24, 2.45) is 0 Å². The number of piperidine rings is 1. The third-order valence-electron chi connectivity index (χ3n) is 10.0. The molecule has 3 aliphatic heterocycles. The Balaban J connectivity index is 1.22. The van der Waals surface area contributed by atoms with Gasteiger partial charge in [0.25, 0.3) is 5.56 Å². The van der Waals surface area contributed by atoms with Gasteiger partial charge >= 0.3 is 0 Å². The van der Waals surface area contributed by atoms with Crippen LogP contribution in [0, 0.1) is 13.8 Å². The number of hydrogen-bond donors (Lipinski definition) is 1. The number of carbonyl (C=O) groups excluding carboxylic acids is 1. The van der Waals surface area contributed by atoms with E-state index in [9.17, 15) is 9.59 Å². The molecule has 1 atom stereocenters. The minimum Gasteiger partial charge on any atom is -0.378 e. The van der Waals surface area contributed by atoms with Crippen molar-refractivity contribution in [2.45, 2.75) is 52.1 Å². The van der Waals surface area contributed by atoms with Gasteiger partial charge in [0.2, 0.25) is 11.9 Å². The molecule has 47 heavy (non-hydrogen) atoms. The first-order valence-corrected chi connectivity index (χ1v) is 17.1. The summed E-state index contributed by atoms with van der Waals surface area (Å²) in [6.07, 6.45) is 3.80. The van der Waals surface area contributed by atoms with E-state index >= 15 is 0 Å². The maximum Gasteiger partial charge on any atom is 0.260 e. The summed E-state index contributed by atoms with van der Waals surface area (Å²) in [5.74, 6) is 0.507. The summed E-state index contributed by atoms with van der Waals surface area (Å²) in [5, 5.41) is 4.69. The molecule has 3 fully saturated rings. The minimum absolute atomic E-state index is 0.0936. The van der Waals surface area contributed by atoms with Crippen molar-refractivity contribution in [3.05, 3.63) is 75.2 Å². The van der Waals surface area contributed by atoms with Crippen LogP contribution in [-0.4, -0.2) is 88.8 Å². The summed E-state index contributed by atoms with van der Waals surface area (Å²) < 4.78 is 7.17. The predicted octanol–water partition coefficient (Wildman–Crippen LogP) is 5.57. The molecular formula is C36H42ClN7O3. The SMILES string of the molecule is CCC(=O)N1CCCC(n2c(=O)c(-c3ccccc3Cl)c(C)c3cnc(Nc4ccc(N5CCN(C6COC6)CC5)c(C)c4)nc32)C1. The molecule has 11 heteroatoms.